The molecule has 0 aliphatic heterocycles. The number of carbonyl (C=O) groups excluding carboxylic acids is 1. The third kappa shape index (κ3) is 4.99. The summed E-state index contributed by atoms with van der Waals surface area (Å²) in [5.41, 5.74) is -0.0463. The summed E-state index contributed by atoms with van der Waals surface area (Å²) >= 11 is 0. The largest absolute Gasteiger partial charge is 0.497 e. The number of carbonyl (C=O) groups is 2. The van der Waals surface area contributed by atoms with Crippen LogP contribution in [0.1, 0.15) is 15.9 Å². The highest BCUT2D eigenvalue weighted by Crippen LogP contribution is 2.20. The molecule has 1 heterocycles. The fourth-order valence-corrected chi connectivity index (χ4v) is 2.66. The van der Waals surface area contributed by atoms with Gasteiger partial charge < -0.3 is 24.3 Å². The van der Waals surface area contributed by atoms with Crippen LogP contribution in [0.2, 0.25) is 0 Å². The van der Waals surface area contributed by atoms with Gasteiger partial charge in [0, 0.05) is 11.5 Å². The molecule has 29 heavy (non-hydrogen) atoms. The first-order valence-electron chi connectivity index (χ1n) is 8.75. The highest BCUT2D eigenvalue weighted by molar-refractivity contribution is 5.98. The van der Waals surface area contributed by atoms with E-state index in [9.17, 15) is 19.5 Å². The zero-order chi connectivity index (χ0) is 20.8. The minimum absolute atomic E-state index is 0.195. The number of methoxy groups -OCH3 is 1. The molecular weight excluding hydrogens is 378 g/mol. The molecule has 3 rings (SSSR count). The van der Waals surface area contributed by atoms with E-state index in [0.717, 1.165) is 5.56 Å². The number of aliphatic carboxylic acids is 1. The van der Waals surface area contributed by atoms with Crippen molar-refractivity contribution in [3.05, 3.63) is 76.1 Å². The number of ether oxygens (including phenoxy) is 2. The van der Waals surface area contributed by atoms with Gasteiger partial charge in [-0.15, -0.1) is 0 Å². The Labute approximate surface area is 165 Å². The Bertz CT molecular complexity index is 1080. The molecule has 1 atom stereocenters. The van der Waals surface area contributed by atoms with Gasteiger partial charge in [0.05, 0.1) is 20.3 Å². The zero-order valence-electron chi connectivity index (χ0n) is 15.6. The fraction of sp³-hybridized carbons (Fsp3) is 0.190. The quantitative estimate of drug-likeness (QED) is 0.560. The molecule has 8 nitrogen and oxygen atoms in total. The average molecular weight is 397 g/mol. The Balaban J connectivity index is 1.71. The molecule has 1 aromatic heterocycles. The number of carboxylic acids is 1. The van der Waals surface area contributed by atoms with E-state index in [1.807, 2.05) is 30.3 Å². The van der Waals surface area contributed by atoms with Crippen LogP contribution in [0.4, 0.5) is 0 Å². The molecule has 1 amide bonds. The third-order valence-electron chi connectivity index (χ3n) is 4.19. The van der Waals surface area contributed by atoms with Gasteiger partial charge in [0.25, 0.3) is 5.91 Å². The first-order chi connectivity index (χ1) is 14.0. The van der Waals surface area contributed by atoms with Crippen molar-refractivity contribution in [2.45, 2.75) is 12.6 Å². The first-order valence-corrected chi connectivity index (χ1v) is 8.75. The van der Waals surface area contributed by atoms with Crippen LogP contribution in [0.3, 0.4) is 0 Å². The Morgan fingerprint density at radius 1 is 1.14 bits per heavy atom. The van der Waals surface area contributed by atoms with E-state index in [0.29, 0.717) is 11.1 Å². The highest BCUT2D eigenvalue weighted by Gasteiger charge is 2.23. The van der Waals surface area contributed by atoms with Gasteiger partial charge in [-0.1, -0.05) is 30.3 Å². The molecule has 0 aliphatic carbocycles. The normalized spacial score (nSPS) is 11.8. The van der Waals surface area contributed by atoms with Gasteiger partial charge in [-0.2, -0.15) is 0 Å². The van der Waals surface area contributed by atoms with Gasteiger partial charge in [-0.3, -0.25) is 4.79 Å². The summed E-state index contributed by atoms with van der Waals surface area (Å²) in [6.07, 6.45) is 0. The van der Waals surface area contributed by atoms with Crippen LogP contribution in [0.25, 0.3) is 11.0 Å². The van der Waals surface area contributed by atoms with E-state index in [2.05, 4.69) is 5.32 Å². The fourth-order valence-electron chi connectivity index (χ4n) is 2.66. The van der Waals surface area contributed by atoms with Crippen LogP contribution < -0.4 is 15.7 Å². The minimum atomic E-state index is -1.32. The number of fused-ring (bicyclic) bond motifs is 1. The van der Waals surface area contributed by atoms with E-state index in [1.165, 1.54) is 19.2 Å². The maximum Gasteiger partial charge on any atom is 0.349 e. The van der Waals surface area contributed by atoms with Crippen molar-refractivity contribution < 1.29 is 28.6 Å². The van der Waals surface area contributed by atoms with E-state index >= 15 is 0 Å². The standard InChI is InChI=1S/C21H19NO7/c1-27-15-8-7-14-9-16(21(26)29-18(14)10-15)19(23)22-17(20(24)25)12-28-11-13-5-3-2-4-6-13/h2-10,17H,11-12H2,1H3,(H,22,23)(H,24,25). The number of hydrogen-bond donors (Lipinski definition) is 2. The number of carboxylic acid groups (broad SMARTS) is 1. The lowest BCUT2D eigenvalue weighted by atomic mass is 10.1. The summed E-state index contributed by atoms with van der Waals surface area (Å²) < 4.78 is 15.6. The number of amides is 1. The van der Waals surface area contributed by atoms with Gasteiger partial charge >= 0.3 is 11.6 Å². The molecule has 2 aromatic carbocycles. The molecule has 3 aromatic rings. The number of nitrogens with one attached hydrogen (secondary N) is 1. The van der Waals surface area contributed by atoms with Gasteiger partial charge in [0.15, 0.2) is 6.04 Å². The molecule has 1 unspecified atom stereocenters. The van der Waals surface area contributed by atoms with Crippen molar-refractivity contribution in [1.82, 2.24) is 5.32 Å². The maximum atomic E-state index is 12.5. The number of hydrogen-bond acceptors (Lipinski definition) is 6. The Hall–Kier alpha value is -3.65. The lowest BCUT2D eigenvalue weighted by molar-refractivity contribution is -0.141. The summed E-state index contributed by atoms with van der Waals surface area (Å²) in [6, 6.07) is 14.0. The summed E-state index contributed by atoms with van der Waals surface area (Å²) in [5, 5.41) is 12.2. The van der Waals surface area contributed by atoms with E-state index in [1.54, 1.807) is 12.1 Å². The molecule has 0 aliphatic rings. The SMILES string of the molecule is COc1ccc2cc(C(=O)NC(COCc3ccccc3)C(=O)O)c(=O)oc2c1. The van der Waals surface area contributed by atoms with Crippen molar-refractivity contribution in [2.24, 2.45) is 0 Å². The Morgan fingerprint density at radius 3 is 2.59 bits per heavy atom. The predicted molar refractivity (Wildman–Crippen MR) is 104 cm³/mol. The van der Waals surface area contributed by atoms with Crippen molar-refractivity contribution in [3.8, 4) is 5.75 Å². The molecule has 8 heteroatoms. The maximum absolute atomic E-state index is 12.5. The summed E-state index contributed by atoms with van der Waals surface area (Å²) in [6.45, 7) is -0.0630. The molecule has 0 saturated carbocycles. The van der Waals surface area contributed by atoms with Gasteiger partial charge in [-0.05, 0) is 23.8 Å². The smallest absolute Gasteiger partial charge is 0.349 e. The van der Waals surface area contributed by atoms with Crippen LogP contribution in [0.15, 0.2) is 63.8 Å². The molecule has 0 bridgehead atoms. The lowest BCUT2D eigenvalue weighted by Crippen LogP contribution is -2.45. The molecule has 0 radical (unpaired) electrons. The average Bonchev–Trinajstić information content (AvgIpc) is 2.72. The first kappa shape index (κ1) is 20.1. The van der Waals surface area contributed by atoms with Crippen molar-refractivity contribution in [1.29, 1.82) is 0 Å². The molecule has 0 saturated heterocycles. The summed E-state index contributed by atoms with van der Waals surface area (Å²) in [5.74, 6) is -1.63. The molecule has 2 N–H and O–H groups in total. The molecule has 0 fully saturated rings. The van der Waals surface area contributed by atoms with Crippen LogP contribution in [-0.2, 0) is 16.1 Å². The third-order valence-corrected chi connectivity index (χ3v) is 4.19. The summed E-state index contributed by atoms with van der Waals surface area (Å²) in [4.78, 5) is 36.1. The van der Waals surface area contributed by atoms with Gasteiger partial charge in [-0.25, -0.2) is 9.59 Å². The van der Waals surface area contributed by atoms with Crippen molar-refractivity contribution in [3.63, 3.8) is 0 Å². The van der Waals surface area contributed by atoms with Crippen molar-refractivity contribution >= 4 is 22.8 Å². The van der Waals surface area contributed by atoms with Crippen LogP contribution in [-0.4, -0.2) is 36.7 Å². The molecular formula is C21H19NO7. The lowest BCUT2D eigenvalue weighted by Gasteiger charge is -2.15. The van der Waals surface area contributed by atoms with Crippen LogP contribution >= 0.6 is 0 Å². The summed E-state index contributed by atoms with van der Waals surface area (Å²) in [7, 11) is 1.48. The number of benzene rings is 2. The second-order valence-electron chi connectivity index (χ2n) is 6.22. The van der Waals surface area contributed by atoms with Crippen molar-refractivity contribution in [2.75, 3.05) is 13.7 Å². The highest BCUT2D eigenvalue weighted by atomic mass is 16.5. The van der Waals surface area contributed by atoms with Crippen LogP contribution in [0.5, 0.6) is 5.75 Å². The topological polar surface area (TPSA) is 115 Å². The second kappa shape index (κ2) is 9.03. The van der Waals surface area contributed by atoms with E-state index in [4.69, 9.17) is 13.9 Å². The Morgan fingerprint density at radius 2 is 1.90 bits per heavy atom. The van der Waals surface area contributed by atoms with E-state index in [-0.39, 0.29) is 24.4 Å². The number of rotatable bonds is 8. The Kier molecular flexibility index (Phi) is 6.25. The van der Waals surface area contributed by atoms with Gasteiger partial charge in [0.2, 0.25) is 0 Å². The zero-order valence-corrected chi connectivity index (χ0v) is 15.6. The van der Waals surface area contributed by atoms with E-state index < -0.39 is 23.5 Å². The minimum Gasteiger partial charge on any atom is -0.497 e. The second-order valence-corrected chi connectivity index (χ2v) is 6.22. The van der Waals surface area contributed by atoms with Crippen LogP contribution in [0, 0.1) is 0 Å². The monoisotopic (exact) mass is 397 g/mol. The molecule has 0 spiro atoms. The predicted octanol–water partition coefficient (Wildman–Crippen LogP) is 2.20. The molecule has 150 valence electrons. The van der Waals surface area contributed by atoms with Gasteiger partial charge in [0.1, 0.15) is 16.9 Å².